The maximum absolute atomic E-state index is 5.17. The molecule has 2 unspecified atom stereocenters. The molecule has 0 N–H and O–H groups in total. The highest BCUT2D eigenvalue weighted by atomic mass is 15.0. The molecule has 2 atom stereocenters. The van der Waals surface area contributed by atoms with Gasteiger partial charge in [-0.3, -0.25) is 0 Å². The van der Waals surface area contributed by atoms with Crippen molar-refractivity contribution >= 4 is 43.5 Å². The number of rotatable bonds is 4. The van der Waals surface area contributed by atoms with Gasteiger partial charge in [-0.15, -0.1) is 0 Å². The largest absolute Gasteiger partial charge is 0.208 e. The topological polar surface area (TPSA) is 38.7 Å². The van der Waals surface area contributed by atoms with E-state index in [1.807, 2.05) is 18.2 Å². The number of allylic oxidation sites excluding steroid dienone is 8. The van der Waals surface area contributed by atoms with Gasteiger partial charge in [0.15, 0.2) is 17.5 Å². The maximum Gasteiger partial charge on any atom is 0.164 e. The van der Waals surface area contributed by atoms with Crippen molar-refractivity contribution in [1.29, 1.82) is 0 Å². The van der Waals surface area contributed by atoms with Crippen LogP contribution in [-0.2, 0) is 0 Å². The van der Waals surface area contributed by atoms with Gasteiger partial charge in [0.2, 0.25) is 0 Å². The Bertz CT molecular complexity index is 2420. The Hall–Kier alpha value is -5.93. The zero-order valence-corrected chi connectivity index (χ0v) is 25.1. The summed E-state index contributed by atoms with van der Waals surface area (Å²) in [6, 6.07) is 44.9. The third-order valence-electron chi connectivity index (χ3n) is 9.27. The molecule has 46 heavy (non-hydrogen) atoms. The quantitative estimate of drug-likeness (QED) is 0.192. The summed E-state index contributed by atoms with van der Waals surface area (Å²) in [5.41, 5.74) is 5.48. The molecule has 1 aromatic heterocycles. The van der Waals surface area contributed by atoms with Crippen molar-refractivity contribution in [1.82, 2.24) is 15.0 Å². The minimum Gasteiger partial charge on any atom is -0.208 e. The number of aromatic nitrogens is 3. The standard InChI is InChI=1S/C43H29N3/c1-3-10-28(11-4-1)32-19-18-30-15-9-17-39(40(30)27-32)43-45-41(31-13-5-2-6-14-31)44-42(46-43)34-22-23-36-33(26-34)21-25-37-35-16-8-7-12-29(35)20-24-38(36)37/h1-27,30,40H. The highest BCUT2D eigenvalue weighted by Crippen LogP contribution is 2.40. The Kier molecular flexibility index (Phi) is 6.27. The normalized spacial score (nSPS) is 17.2. The van der Waals surface area contributed by atoms with Crippen molar-refractivity contribution in [2.75, 3.05) is 0 Å². The molecule has 0 aliphatic heterocycles. The smallest absolute Gasteiger partial charge is 0.164 e. The summed E-state index contributed by atoms with van der Waals surface area (Å²) in [5, 5.41) is 7.43. The van der Waals surface area contributed by atoms with E-state index in [0.717, 1.165) is 22.1 Å². The van der Waals surface area contributed by atoms with E-state index in [9.17, 15) is 0 Å². The molecule has 3 nitrogen and oxygen atoms in total. The lowest BCUT2D eigenvalue weighted by Crippen LogP contribution is -2.18. The predicted octanol–water partition coefficient (Wildman–Crippen LogP) is 10.5. The van der Waals surface area contributed by atoms with Crippen LogP contribution in [0.3, 0.4) is 0 Å². The molecule has 7 aromatic rings. The Balaban J connectivity index is 1.19. The van der Waals surface area contributed by atoms with Gasteiger partial charge in [0.25, 0.3) is 0 Å². The molecule has 2 aliphatic carbocycles. The van der Waals surface area contributed by atoms with Gasteiger partial charge < -0.3 is 0 Å². The summed E-state index contributed by atoms with van der Waals surface area (Å²) in [7, 11) is 0. The fourth-order valence-electron chi connectivity index (χ4n) is 6.94. The van der Waals surface area contributed by atoms with Crippen LogP contribution in [0.1, 0.15) is 11.4 Å². The molecule has 216 valence electrons. The first-order valence-electron chi connectivity index (χ1n) is 15.8. The maximum atomic E-state index is 5.17. The lowest BCUT2D eigenvalue weighted by Gasteiger charge is -2.28. The van der Waals surface area contributed by atoms with Crippen LogP contribution >= 0.6 is 0 Å². The molecule has 0 radical (unpaired) electrons. The average Bonchev–Trinajstić information content (AvgIpc) is 3.14. The SMILES string of the molecule is C1=CC2C=CC(c3ccccc3)=CC2C(c2nc(-c3ccccc3)nc(-c3ccc4c(ccc5c6ccccc6ccc45)c3)n2)=C1. The molecule has 3 heteroatoms. The summed E-state index contributed by atoms with van der Waals surface area (Å²) < 4.78 is 0. The Morgan fingerprint density at radius 3 is 1.89 bits per heavy atom. The molecule has 1 heterocycles. The third kappa shape index (κ3) is 4.56. The molecule has 0 saturated carbocycles. The summed E-state index contributed by atoms with van der Waals surface area (Å²) in [5.74, 6) is 2.44. The van der Waals surface area contributed by atoms with Gasteiger partial charge in [0.1, 0.15) is 0 Å². The van der Waals surface area contributed by atoms with E-state index in [0.29, 0.717) is 17.5 Å². The van der Waals surface area contributed by atoms with Crippen LogP contribution in [0.25, 0.3) is 66.2 Å². The number of hydrogen-bond donors (Lipinski definition) is 0. The second-order valence-electron chi connectivity index (χ2n) is 12.0. The lowest BCUT2D eigenvalue weighted by atomic mass is 9.76. The molecule has 2 aliphatic rings. The number of nitrogens with zero attached hydrogens (tertiary/aromatic N) is 3. The zero-order chi connectivity index (χ0) is 30.5. The van der Waals surface area contributed by atoms with E-state index in [-0.39, 0.29) is 11.8 Å². The van der Waals surface area contributed by atoms with Crippen molar-refractivity contribution in [2.24, 2.45) is 11.8 Å². The second-order valence-corrected chi connectivity index (χ2v) is 12.0. The van der Waals surface area contributed by atoms with Crippen LogP contribution in [0.2, 0.25) is 0 Å². The molecule has 0 fully saturated rings. The van der Waals surface area contributed by atoms with Crippen molar-refractivity contribution in [3.05, 3.63) is 175 Å². The van der Waals surface area contributed by atoms with E-state index in [2.05, 4.69) is 146 Å². The van der Waals surface area contributed by atoms with Crippen LogP contribution < -0.4 is 0 Å². The minimum atomic E-state index is 0.127. The Morgan fingerprint density at radius 2 is 1.09 bits per heavy atom. The van der Waals surface area contributed by atoms with Gasteiger partial charge in [-0.05, 0) is 49.5 Å². The zero-order valence-electron chi connectivity index (χ0n) is 25.1. The predicted molar refractivity (Wildman–Crippen MR) is 191 cm³/mol. The first kappa shape index (κ1) is 26.5. The van der Waals surface area contributed by atoms with Crippen LogP contribution in [0.5, 0.6) is 0 Å². The first-order chi connectivity index (χ1) is 22.8. The van der Waals surface area contributed by atoms with Crippen LogP contribution in [0.15, 0.2) is 164 Å². The third-order valence-corrected chi connectivity index (χ3v) is 9.27. The summed E-state index contributed by atoms with van der Waals surface area (Å²) >= 11 is 0. The van der Waals surface area contributed by atoms with E-state index in [1.54, 1.807) is 0 Å². The van der Waals surface area contributed by atoms with Gasteiger partial charge in [0.05, 0.1) is 0 Å². The van der Waals surface area contributed by atoms with Crippen molar-refractivity contribution in [3.8, 4) is 22.8 Å². The summed E-state index contributed by atoms with van der Waals surface area (Å²) in [6.07, 6.45) is 13.5. The number of benzene rings is 6. The van der Waals surface area contributed by atoms with Crippen molar-refractivity contribution < 1.29 is 0 Å². The highest BCUT2D eigenvalue weighted by molar-refractivity contribution is 6.17. The minimum absolute atomic E-state index is 0.127. The fourth-order valence-corrected chi connectivity index (χ4v) is 6.94. The summed E-state index contributed by atoms with van der Waals surface area (Å²) in [6.45, 7) is 0. The fraction of sp³-hybridized carbons (Fsp3) is 0.0465. The molecule has 6 aromatic carbocycles. The van der Waals surface area contributed by atoms with Crippen molar-refractivity contribution in [3.63, 3.8) is 0 Å². The monoisotopic (exact) mass is 587 g/mol. The van der Waals surface area contributed by atoms with E-state index in [1.165, 1.54) is 38.1 Å². The van der Waals surface area contributed by atoms with Gasteiger partial charge in [-0.25, -0.2) is 15.0 Å². The molecule has 9 rings (SSSR count). The first-order valence-corrected chi connectivity index (χ1v) is 15.8. The average molecular weight is 588 g/mol. The van der Waals surface area contributed by atoms with Gasteiger partial charge in [0, 0.05) is 28.5 Å². The molecule has 0 saturated heterocycles. The van der Waals surface area contributed by atoms with Gasteiger partial charge in [-0.2, -0.15) is 0 Å². The lowest BCUT2D eigenvalue weighted by molar-refractivity contribution is 0.674. The van der Waals surface area contributed by atoms with Crippen LogP contribution in [-0.4, -0.2) is 15.0 Å². The van der Waals surface area contributed by atoms with Crippen LogP contribution in [0.4, 0.5) is 0 Å². The Labute approximate surface area is 267 Å². The molecule has 0 spiro atoms. The molecule has 0 amide bonds. The van der Waals surface area contributed by atoms with E-state index >= 15 is 0 Å². The van der Waals surface area contributed by atoms with Crippen LogP contribution in [0, 0.1) is 11.8 Å². The Morgan fingerprint density at radius 1 is 0.457 bits per heavy atom. The number of hydrogen-bond acceptors (Lipinski definition) is 3. The van der Waals surface area contributed by atoms with Gasteiger partial charge in [-0.1, -0.05) is 158 Å². The molecule has 0 bridgehead atoms. The highest BCUT2D eigenvalue weighted by Gasteiger charge is 2.28. The number of fused-ring (bicyclic) bond motifs is 6. The second kappa shape index (κ2) is 10.9. The van der Waals surface area contributed by atoms with E-state index in [4.69, 9.17) is 15.0 Å². The van der Waals surface area contributed by atoms with E-state index < -0.39 is 0 Å². The van der Waals surface area contributed by atoms with Crippen molar-refractivity contribution in [2.45, 2.75) is 0 Å². The van der Waals surface area contributed by atoms with Gasteiger partial charge >= 0.3 is 0 Å². The molecular formula is C43H29N3. The summed E-state index contributed by atoms with van der Waals surface area (Å²) in [4.78, 5) is 15.3. The molecular weight excluding hydrogens is 558 g/mol.